The fourth-order valence-corrected chi connectivity index (χ4v) is 5.39. The van der Waals surface area contributed by atoms with Crippen LogP contribution in [0.25, 0.3) is 11.0 Å². The highest BCUT2D eigenvalue weighted by Crippen LogP contribution is 2.35. The van der Waals surface area contributed by atoms with E-state index in [0.717, 1.165) is 5.52 Å². The van der Waals surface area contributed by atoms with Crippen LogP contribution in [0.4, 0.5) is 0 Å². The van der Waals surface area contributed by atoms with Crippen LogP contribution in [0.2, 0.25) is 0 Å². The number of benzene rings is 2. The molecule has 0 fully saturated rings. The molecular weight excluding hydrogens is 446 g/mol. The molecule has 1 aliphatic heterocycles. The number of ether oxygens (including phenoxy) is 3. The Kier molecular flexibility index (Phi) is 6.57. The summed E-state index contributed by atoms with van der Waals surface area (Å²) in [5.74, 6) is 1.86. The van der Waals surface area contributed by atoms with E-state index < -0.39 is 16.0 Å². The molecule has 0 spiro atoms. The van der Waals surface area contributed by atoms with Gasteiger partial charge in [-0.1, -0.05) is 13.8 Å². The number of carbonyl (C=O) groups is 1. The fourth-order valence-electron chi connectivity index (χ4n) is 3.91. The van der Waals surface area contributed by atoms with Crippen LogP contribution >= 0.6 is 0 Å². The molecule has 1 aliphatic rings. The highest BCUT2D eigenvalue weighted by Gasteiger charge is 2.23. The summed E-state index contributed by atoms with van der Waals surface area (Å²) in [6.07, 6.45) is 0.492. The predicted molar refractivity (Wildman–Crippen MR) is 122 cm³/mol. The van der Waals surface area contributed by atoms with E-state index in [1.54, 1.807) is 36.4 Å². The number of sulfonamides is 1. The number of carbonyl (C=O) groups excluding carboxylic acids is 1. The number of esters is 1. The van der Waals surface area contributed by atoms with E-state index in [1.807, 2.05) is 25.3 Å². The number of fused-ring (bicyclic) bond motifs is 2. The summed E-state index contributed by atoms with van der Waals surface area (Å²) in [6, 6.07) is 9.97. The zero-order valence-electron chi connectivity index (χ0n) is 18.9. The lowest BCUT2D eigenvalue weighted by Gasteiger charge is -2.18. The molecule has 0 amide bonds. The Bertz CT molecular complexity index is 1280. The summed E-state index contributed by atoms with van der Waals surface area (Å²) in [5.41, 5.74) is 1.42. The van der Waals surface area contributed by atoms with Crippen LogP contribution in [-0.4, -0.2) is 48.1 Å². The van der Waals surface area contributed by atoms with Gasteiger partial charge in [0.05, 0.1) is 22.3 Å². The van der Waals surface area contributed by atoms with Crippen molar-refractivity contribution in [3.05, 3.63) is 42.2 Å². The Morgan fingerprint density at radius 1 is 1.09 bits per heavy atom. The minimum atomic E-state index is -3.58. The highest BCUT2D eigenvalue weighted by atomic mass is 32.2. The number of aryl methyl sites for hydroxylation is 2. The van der Waals surface area contributed by atoms with Crippen molar-refractivity contribution in [2.45, 2.75) is 45.1 Å². The molecule has 0 aliphatic carbocycles. The summed E-state index contributed by atoms with van der Waals surface area (Å²) in [5, 5.41) is 0. The van der Waals surface area contributed by atoms with Gasteiger partial charge in [0.1, 0.15) is 11.6 Å². The maximum absolute atomic E-state index is 12.9. The van der Waals surface area contributed by atoms with Crippen molar-refractivity contribution in [1.29, 1.82) is 0 Å². The first-order chi connectivity index (χ1) is 15.9. The lowest BCUT2D eigenvalue weighted by atomic mass is 10.3. The standard InChI is InChI=1S/C23H27N3O6S/c1-4-25(5-2)33(28,29)17-8-9-19-18(14-17)24-22(26(19)6-3)11-12-23(27)32-16-7-10-20-21(13-16)31-15-30-20/h7-10,13-14H,4-6,11-12,15H2,1-3H3. The maximum atomic E-state index is 12.9. The number of aromatic nitrogens is 2. The van der Waals surface area contributed by atoms with E-state index in [9.17, 15) is 13.2 Å². The quantitative estimate of drug-likeness (QED) is 0.347. The first-order valence-electron chi connectivity index (χ1n) is 11.0. The number of hydrogen-bond donors (Lipinski definition) is 0. The van der Waals surface area contributed by atoms with Gasteiger partial charge in [-0.3, -0.25) is 4.79 Å². The van der Waals surface area contributed by atoms with E-state index in [0.29, 0.717) is 54.6 Å². The molecule has 0 saturated heterocycles. The number of imidazole rings is 1. The van der Waals surface area contributed by atoms with Gasteiger partial charge in [-0.25, -0.2) is 13.4 Å². The molecule has 0 N–H and O–H groups in total. The van der Waals surface area contributed by atoms with E-state index in [2.05, 4.69) is 4.98 Å². The average molecular weight is 474 g/mol. The van der Waals surface area contributed by atoms with Crippen molar-refractivity contribution in [2.24, 2.45) is 0 Å². The SMILES string of the molecule is CCN(CC)S(=O)(=O)c1ccc2c(c1)nc(CCC(=O)Oc1ccc3c(c1)OCO3)n2CC. The molecule has 0 unspecified atom stereocenters. The van der Waals surface area contributed by atoms with Gasteiger partial charge in [-0.2, -0.15) is 4.31 Å². The Morgan fingerprint density at radius 3 is 2.58 bits per heavy atom. The topological polar surface area (TPSA) is 100.0 Å². The van der Waals surface area contributed by atoms with Gasteiger partial charge in [0.15, 0.2) is 11.5 Å². The maximum Gasteiger partial charge on any atom is 0.311 e. The average Bonchev–Trinajstić information content (AvgIpc) is 3.41. The van der Waals surface area contributed by atoms with Crippen molar-refractivity contribution in [3.8, 4) is 17.2 Å². The molecule has 0 bridgehead atoms. The third kappa shape index (κ3) is 4.53. The van der Waals surface area contributed by atoms with Crippen molar-refractivity contribution < 1.29 is 27.4 Å². The Morgan fingerprint density at radius 2 is 1.85 bits per heavy atom. The van der Waals surface area contributed by atoms with Crippen LogP contribution in [0.5, 0.6) is 17.2 Å². The molecule has 0 radical (unpaired) electrons. The largest absolute Gasteiger partial charge is 0.454 e. The monoisotopic (exact) mass is 473 g/mol. The van der Waals surface area contributed by atoms with Crippen LogP contribution in [0, 0.1) is 0 Å². The molecule has 0 saturated carbocycles. The summed E-state index contributed by atoms with van der Waals surface area (Å²) in [7, 11) is -3.58. The van der Waals surface area contributed by atoms with E-state index >= 15 is 0 Å². The molecule has 2 aromatic carbocycles. The van der Waals surface area contributed by atoms with Crippen LogP contribution in [0.3, 0.4) is 0 Å². The van der Waals surface area contributed by atoms with Crippen LogP contribution in [0.15, 0.2) is 41.3 Å². The van der Waals surface area contributed by atoms with E-state index in [1.165, 1.54) is 4.31 Å². The third-order valence-corrected chi connectivity index (χ3v) is 7.63. The van der Waals surface area contributed by atoms with Gasteiger partial charge < -0.3 is 18.8 Å². The van der Waals surface area contributed by atoms with Crippen molar-refractivity contribution in [2.75, 3.05) is 19.9 Å². The molecule has 2 heterocycles. The first kappa shape index (κ1) is 23.1. The Hall–Kier alpha value is -3.11. The number of hydrogen-bond acceptors (Lipinski definition) is 7. The molecule has 9 nitrogen and oxygen atoms in total. The molecule has 3 aromatic rings. The normalized spacial score (nSPS) is 13.1. The van der Waals surface area contributed by atoms with E-state index in [-0.39, 0.29) is 18.1 Å². The van der Waals surface area contributed by atoms with Crippen molar-refractivity contribution in [1.82, 2.24) is 13.9 Å². The smallest absolute Gasteiger partial charge is 0.311 e. The van der Waals surface area contributed by atoms with Crippen molar-refractivity contribution >= 4 is 27.0 Å². The second-order valence-corrected chi connectivity index (χ2v) is 9.44. The second kappa shape index (κ2) is 9.40. The van der Waals surface area contributed by atoms with Gasteiger partial charge in [0.2, 0.25) is 16.8 Å². The Balaban J connectivity index is 1.51. The summed E-state index contributed by atoms with van der Waals surface area (Å²) < 4.78 is 45.1. The van der Waals surface area contributed by atoms with Gasteiger partial charge in [-0.15, -0.1) is 0 Å². The third-order valence-electron chi connectivity index (χ3n) is 5.59. The van der Waals surface area contributed by atoms with Crippen LogP contribution in [0.1, 0.15) is 33.0 Å². The van der Waals surface area contributed by atoms with Gasteiger partial charge >= 0.3 is 5.97 Å². The zero-order chi connectivity index (χ0) is 23.6. The van der Waals surface area contributed by atoms with Gasteiger partial charge in [-0.05, 0) is 37.3 Å². The second-order valence-electron chi connectivity index (χ2n) is 7.50. The predicted octanol–water partition coefficient (Wildman–Crippen LogP) is 3.35. The molecule has 0 atom stereocenters. The minimum absolute atomic E-state index is 0.127. The number of rotatable bonds is 9. The molecule has 4 rings (SSSR count). The summed E-state index contributed by atoms with van der Waals surface area (Å²) >= 11 is 0. The first-order valence-corrected chi connectivity index (χ1v) is 12.4. The molecule has 10 heteroatoms. The molecule has 1 aromatic heterocycles. The lowest BCUT2D eigenvalue weighted by molar-refractivity contribution is -0.134. The van der Waals surface area contributed by atoms with E-state index in [4.69, 9.17) is 14.2 Å². The van der Waals surface area contributed by atoms with Crippen LogP contribution in [-0.2, 0) is 27.8 Å². The zero-order valence-corrected chi connectivity index (χ0v) is 19.7. The minimum Gasteiger partial charge on any atom is -0.454 e. The van der Waals surface area contributed by atoms with Crippen molar-refractivity contribution in [3.63, 3.8) is 0 Å². The number of nitrogens with zero attached hydrogens (tertiary/aromatic N) is 3. The molecular formula is C23H27N3O6S. The summed E-state index contributed by atoms with van der Waals surface area (Å²) in [6.45, 7) is 7.20. The molecule has 176 valence electrons. The lowest BCUT2D eigenvalue weighted by Crippen LogP contribution is -2.30. The fraction of sp³-hybridized carbons (Fsp3) is 0.391. The molecule has 33 heavy (non-hydrogen) atoms. The van der Waals surface area contributed by atoms with Crippen LogP contribution < -0.4 is 14.2 Å². The highest BCUT2D eigenvalue weighted by molar-refractivity contribution is 7.89. The van der Waals surface area contributed by atoms with Gasteiger partial charge in [0.25, 0.3) is 0 Å². The Labute approximate surface area is 192 Å². The summed E-state index contributed by atoms with van der Waals surface area (Å²) in [4.78, 5) is 17.3. The van der Waals surface area contributed by atoms with Gasteiger partial charge in [0, 0.05) is 32.1 Å².